The van der Waals surface area contributed by atoms with Gasteiger partial charge in [0.15, 0.2) is 0 Å². The Hall–Kier alpha value is -2.18. The lowest BCUT2D eigenvalue weighted by atomic mass is 10.1. The lowest BCUT2D eigenvalue weighted by Gasteiger charge is -2.12. The van der Waals surface area contributed by atoms with Gasteiger partial charge in [0, 0.05) is 12.7 Å². The molecule has 3 N–H and O–H groups in total. The van der Waals surface area contributed by atoms with Crippen LogP contribution in [0.5, 0.6) is 0 Å². The van der Waals surface area contributed by atoms with E-state index in [1.807, 2.05) is 13.1 Å². The second kappa shape index (κ2) is 5.44. The molecule has 2 aromatic rings. The van der Waals surface area contributed by atoms with Crippen LogP contribution in [0.4, 0.5) is 24.5 Å². The second-order valence-electron chi connectivity index (χ2n) is 4.51. The monoisotopic (exact) mass is 284 g/mol. The Morgan fingerprint density at radius 1 is 1.35 bits per heavy atom. The van der Waals surface area contributed by atoms with Crippen LogP contribution in [0.25, 0.3) is 0 Å². The molecule has 0 aliphatic carbocycles. The van der Waals surface area contributed by atoms with Gasteiger partial charge in [0.25, 0.3) is 0 Å². The number of anilines is 2. The van der Waals surface area contributed by atoms with E-state index in [0.717, 1.165) is 17.7 Å². The minimum absolute atomic E-state index is 0.0801. The van der Waals surface area contributed by atoms with E-state index >= 15 is 0 Å². The van der Waals surface area contributed by atoms with Gasteiger partial charge in [-0.25, -0.2) is 0 Å². The molecule has 0 radical (unpaired) electrons. The van der Waals surface area contributed by atoms with Gasteiger partial charge in [0.05, 0.1) is 29.7 Å². The number of nitrogen functional groups attached to an aromatic ring is 1. The molecular weight excluding hydrogens is 269 g/mol. The van der Waals surface area contributed by atoms with Gasteiger partial charge in [-0.05, 0) is 30.7 Å². The lowest BCUT2D eigenvalue weighted by molar-refractivity contribution is -0.137. The maximum absolute atomic E-state index is 12.5. The van der Waals surface area contributed by atoms with E-state index in [2.05, 4.69) is 10.4 Å². The van der Waals surface area contributed by atoms with Crippen molar-refractivity contribution in [2.45, 2.75) is 19.6 Å². The van der Waals surface area contributed by atoms with E-state index < -0.39 is 11.7 Å². The number of hydrogen-bond donors (Lipinski definition) is 2. The maximum Gasteiger partial charge on any atom is 0.416 e. The first-order valence-electron chi connectivity index (χ1n) is 6.06. The van der Waals surface area contributed by atoms with Crippen LogP contribution in [0.2, 0.25) is 0 Å². The lowest BCUT2D eigenvalue weighted by Crippen LogP contribution is -2.13. The molecule has 0 atom stereocenters. The summed E-state index contributed by atoms with van der Waals surface area (Å²) in [5.74, 6) is 0. The van der Waals surface area contributed by atoms with Crippen molar-refractivity contribution in [3.8, 4) is 0 Å². The zero-order valence-corrected chi connectivity index (χ0v) is 10.9. The molecule has 0 bridgehead atoms. The van der Waals surface area contributed by atoms with Gasteiger partial charge in [0.2, 0.25) is 0 Å². The summed E-state index contributed by atoms with van der Waals surface area (Å²) in [7, 11) is 0. The molecule has 0 aliphatic rings. The highest BCUT2D eigenvalue weighted by Crippen LogP contribution is 2.32. The molecule has 108 valence electrons. The molecule has 0 saturated heterocycles. The summed E-state index contributed by atoms with van der Waals surface area (Å²) in [6.45, 7) is 3.07. The number of halogens is 3. The summed E-state index contributed by atoms with van der Waals surface area (Å²) in [5, 5.41) is 7.11. The Balaban J connectivity index is 1.96. The topological polar surface area (TPSA) is 55.9 Å². The Labute approximate surface area is 114 Å². The normalized spacial score (nSPS) is 11.6. The molecule has 0 saturated carbocycles. The molecule has 4 nitrogen and oxygen atoms in total. The van der Waals surface area contributed by atoms with Crippen molar-refractivity contribution in [3.63, 3.8) is 0 Å². The molecule has 0 aliphatic heterocycles. The quantitative estimate of drug-likeness (QED) is 0.849. The smallest absolute Gasteiger partial charge is 0.397 e. The van der Waals surface area contributed by atoms with Crippen LogP contribution in [0.1, 0.15) is 11.1 Å². The minimum Gasteiger partial charge on any atom is -0.397 e. The summed E-state index contributed by atoms with van der Waals surface area (Å²) in [6, 6.07) is 3.28. The first kappa shape index (κ1) is 14.2. The number of aromatic nitrogens is 2. The van der Waals surface area contributed by atoms with Crippen LogP contribution >= 0.6 is 0 Å². The van der Waals surface area contributed by atoms with Crippen LogP contribution in [0, 0.1) is 6.92 Å². The van der Waals surface area contributed by atoms with Crippen LogP contribution in [-0.4, -0.2) is 16.3 Å². The molecule has 0 unspecified atom stereocenters. The third-order valence-electron chi connectivity index (χ3n) is 2.80. The first-order valence-corrected chi connectivity index (χ1v) is 6.06. The minimum atomic E-state index is -4.38. The maximum atomic E-state index is 12.5. The van der Waals surface area contributed by atoms with Crippen molar-refractivity contribution in [1.29, 1.82) is 0 Å². The van der Waals surface area contributed by atoms with Gasteiger partial charge in [-0.15, -0.1) is 0 Å². The van der Waals surface area contributed by atoms with E-state index in [0.29, 0.717) is 18.8 Å². The summed E-state index contributed by atoms with van der Waals surface area (Å²) in [5.41, 5.74) is 6.49. The van der Waals surface area contributed by atoms with Gasteiger partial charge in [-0.1, -0.05) is 0 Å². The predicted molar refractivity (Wildman–Crippen MR) is 71.3 cm³/mol. The molecule has 0 amide bonds. The van der Waals surface area contributed by atoms with Gasteiger partial charge >= 0.3 is 6.18 Å². The predicted octanol–water partition coefficient (Wildman–Crippen LogP) is 2.90. The summed E-state index contributed by atoms with van der Waals surface area (Å²) < 4.78 is 39.2. The van der Waals surface area contributed by atoms with E-state index in [4.69, 9.17) is 5.73 Å². The Kier molecular flexibility index (Phi) is 3.87. The molecule has 1 aromatic carbocycles. The molecule has 0 fully saturated rings. The fourth-order valence-corrected chi connectivity index (χ4v) is 1.79. The molecule has 0 spiro atoms. The van der Waals surface area contributed by atoms with Crippen molar-refractivity contribution in [1.82, 2.24) is 9.78 Å². The van der Waals surface area contributed by atoms with Crippen molar-refractivity contribution < 1.29 is 13.2 Å². The van der Waals surface area contributed by atoms with Crippen LogP contribution in [0.3, 0.4) is 0 Å². The average molecular weight is 284 g/mol. The van der Waals surface area contributed by atoms with Gasteiger partial charge in [-0.3, -0.25) is 4.68 Å². The van der Waals surface area contributed by atoms with Crippen LogP contribution in [-0.2, 0) is 12.7 Å². The average Bonchev–Trinajstić information content (AvgIpc) is 2.76. The Morgan fingerprint density at radius 3 is 2.65 bits per heavy atom. The summed E-state index contributed by atoms with van der Waals surface area (Å²) >= 11 is 0. The number of aryl methyl sites for hydroxylation is 1. The fraction of sp³-hybridized carbons (Fsp3) is 0.308. The first-order chi connectivity index (χ1) is 9.36. The summed E-state index contributed by atoms with van der Waals surface area (Å²) in [4.78, 5) is 0. The zero-order valence-electron chi connectivity index (χ0n) is 10.9. The number of nitrogens with one attached hydrogen (secondary N) is 1. The number of nitrogens with two attached hydrogens (primary N) is 1. The largest absolute Gasteiger partial charge is 0.416 e. The molecular formula is C13H15F3N4. The van der Waals surface area contributed by atoms with Crippen LogP contribution < -0.4 is 11.1 Å². The van der Waals surface area contributed by atoms with E-state index in [-0.39, 0.29) is 5.69 Å². The highest BCUT2D eigenvalue weighted by Gasteiger charge is 2.30. The van der Waals surface area contributed by atoms with E-state index in [1.54, 1.807) is 10.9 Å². The number of alkyl halides is 3. The SMILES string of the molecule is Cc1cnn(CCNc2ccc(C(F)(F)F)cc2N)c1. The second-order valence-corrected chi connectivity index (χ2v) is 4.51. The van der Waals surface area contributed by atoms with Crippen molar-refractivity contribution in [2.24, 2.45) is 0 Å². The van der Waals surface area contributed by atoms with Crippen molar-refractivity contribution in [2.75, 3.05) is 17.6 Å². The summed E-state index contributed by atoms with van der Waals surface area (Å²) in [6.07, 6.45) is -0.747. The number of hydrogen-bond acceptors (Lipinski definition) is 3. The van der Waals surface area contributed by atoms with Gasteiger partial charge in [0.1, 0.15) is 0 Å². The van der Waals surface area contributed by atoms with Crippen molar-refractivity contribution in [3.05, 3.63) is 41.7 Å². The zero-order chi connectivity index (χ0) is 14.8. The highest BCUT2D eigenvalue weighted by atomic mass is 19.4. The third-order valence-corrected chi connectivity index (χ3v) is 2.80. The highest BCUT2D eigenvalue weighted by molar-refractivity contribution is 5.67. The number of benzene rings is 1. The molecule has 20 heavy (non-hydrogen) atoms. The molecule has 1 aromatic heterocycles. The van der Waals surface area contributed by atoms with Crippen molar-refractivity contribution >= 4 is 11.4 Å². The fourth-order valence-electron chi connectivity index (χ4n) is 1.79. The van der Waals surface area contributed by atoms with Gasteiger partial charge < -0.3 is 11.1 Å². The van der Waals surface area contributed by atoms with E-state index in [9.17, 15) is 13.2 Å². The van der Waals surface area contributed by atoms with Gasteiger partial charge in [-0.2, -0.15) is 18.3 Å². The Bertz CT molecular complexity index is 590. The molecule has 7 heteroatoms. The third kappa shape index (κ3) is 3.43. The molecule has 1 heterocycles. The number of nitrogens with zero attached hydrogens (tertiary/aromatic N) is 2. The van der Waals surface area contributed by atoms with E-state index in [1.165, 1.54) is 6.07 Å². The standard InChI is InChI=1S/C13H15F3N4/c1-9-7-19-20(8-9)5-4-18-12-3-2-10(6-11(12)17)13(14,15)16/h2-3,6-8,18H,4-5,17H2,1H3. The number of rotatable bonds is 4. The van der Waals surface area contributed by atoms with Crippen LogP contribution in [0.15, 0.2) is 30.6 Å². The Morgan fingerprint density at radius 2 is 2.10 bits per heavy atom. The molecule has 2 rings (SSSR count).